The third-order valence-corrected chi connectivity index (χ3v) is 5.75. The van der Waals surface area contributed by atoms with Gasteiger partial charge in [-0.1, -0.05) is 41.6 Å². The van der Waals surface area contributed by atoms with Gasteiger partial charge in [-0.25, -0.2) is 0 Å². The number of aryl methyl sites for hydroxylation is 1. The number of halogens is 1. The van der Waals surface area contributed by atoms with Gasteiger partial charge < -0.3 is 0 Å². The molecule has 1 saturated carbocycles. The lowest BCUT2D eigenvalue weighted by Crippen LogP contribution is -2.35. The number of imide groups is 1. The predicted molar refractivity (Wildman–Crippen MR) is 86.1 cm³/mol. The van der Waals surface area contributed by atoms with Gasteiger partial charge in [-0.15, -0.1) is 0 Å². The molecular weight excluding hydrogens is 330 g/mol. The minimum Gasteiger partial charge on any atom is -0.274 e. The van der Waals surface area contributed by atoms with E-state index in [1.54, 1.807) is 0 Å². The molecule has 1 heterocycles. The van der Waals surface area contributed by atoms with Crippen molar-refractivity contribution < 1.29 is 9.59 Å². The number of rotatable bonds is 1. The summed E-state index contributed by atoms with van der Waals surface area (Å²) in [6, 6.07) is 5.67. The zero-order valence-electron chi connectivity index (χ0n) is 12.3. The first kappa shape index (κ1) is 14.8. The second-order valence-electron chi connectivity index (χ2n) is 6.34. The molecular formula is C17H20BrNO2. The lowest BCUT2D eigenvalue weighted by molar-refractivity contribution is -0.126. The van der Waals surface area contributed by atoms with Gasteiger partial charge in [0, 0.05) is 10.9 Å². The van der Waals surface area contributed by atoms with Crippen molar-refractivity contribution in [3.63, 3.8) is 0 Å². The topological polar surface area (TPSA) is 37.4 Å². The Morgan fingerprint density at radius 2 is 1.76 bits per heavy atom. The number of hydrogen-bond acceptors (Lipinski definition) is 2. The zero-order valence-corrected chi connectivity index (χ0v) is 13.9. The van der Waals surface area contributed by atoms with E-state index in [0.717, 1.165) is 35.7 Å². The third kappa shape index (κ3) is 2.54. The molecule has 3 nitrogen and oxygen atoms in total. The molecule has 4 heteroatoms. The van der Waals surface area contributed by atoms with Gasteiger partial charge in [0.05, 0.1) is 11.1 Å². The highest BCUT2D eigenvalue weighted by Gasteiger charge is 2.51. The second-order valence-corrected chi connectivity index (χ2v) is 7.19. The van der Waals surface area contributed by atoms with Gasteiger partial charge in [0.1, 0.15) is 0 Å². The van der Waals surface area contributed by atoms with Crippen LogP contribution in [0.4, 0.5) is 5.69 Å². The molecule has 1 aromatic rings. The van der Waals surface area contributed by atoms with E-state index in [1.807, 2.05) is 25.1 Å². The van der Waals surface area contributed by atoms with Gasteiger partial charge in [-0.05, 0) is 43.5 Å². The Morgan fingerprint density at radius 3 is 2.38 bits per heavy atom. The maximum Gasteiger partial charge on any atom is 0.240 e. The fourth-order valence-corrected chi connectivity index (χ4v) is 3.87. The Morgan fingerprint density at radius 1 is 1.10 bits per heavy atom. The Hall–Kier alpha value is -1.16. The van der Waals surface area contributed by atoms with Crippen LogP contribution < -0.4 is 4.90 Å². The van der Waals surface area contributed by atoms with Crippen molar-refractivity contribution in [3.05, 3.63) is 28.2 Å². The van der Waals surface area contributed by atoms with Gasteiger partial charge in [-0.2, -0.15) is 0 Å². The highest BCUT2D eigenvalue weighted by atomic mass is 79.9. The van der Waals surface area contributed by atoms with Crippen LogP contribution in [0.3, 0.4) is 0 Å². The molecule has 2 fully saturated rings. The molecule has 1 saturated heterocycles. The molecule has 2 amide bonds. The summed E-state index contributed by atoms with van der Waals surface area (Å²) in [6.45, 7) is 1.97. The molecule has 1 aliphatic carbocycles. The van der Waals surface area contributed by atoms with Crippen LogP contribution in [0.5, 0.6) is 0 Å². The van der Waals surface area contributed by atoms with E-state index in [0.29, 0.717) is 12.1 Å². The Balaban J connectivity index is 1.94. The molecule has 1 aromatic carbocycles. The normalized spacial score (nSPS) is 21.9. The Bertz CT molecular complexity index is 588. The zero-order chi connectivity index (χ0) is 15.0. The van der Waals surface area contributed by atoms with Crippen LogP contribution in [-0.2, 0) is 9.59 Å². The monoisotopic (exact) mass is 349 g/mol. The molecule has 0 unspecified atom stereocenters. The van der Waals surface area contributed by atoms with Gasteiger partial charge in [0.25, 0.3) is 0 Å². The number of nitrogens with zero attached hydrogens (tertiary/aromatic N) is 1. The van der Waals surface area contributed by atoms with Gasteiger partial charge in [-0.3, -0.25) is 14.5 Å². The highest BCUT2D eigenvalue weighted by molar-refractivity contribution is 9.10. The van der Waals surface area contributed by atoms with Crippen LogP contribution in [0.1, 0.15) is 50.5 Å². The summed E-state index contributed by atoms with van der Waals surface area (Å²) in [5, 5.41) is 0. The van der Waals surface area contributed by atoms with Crippen LogP contribution in [0.2, 0.25) is 0 Å². The molecule has 0 aromatic heterocycles. The number of anilines is 1. The van der Waals surface area contributed by atoms with E-state index in [9.17, 15) is 9.59 Å². The van der Waals surface area contributed by atoms with Crippen LogP contribution in [0, 0.1) is 12.3 Å². The standard InChI is InChI=1S/C17H20BrNO2/c1-12-10-13(6-7-14(12)18)19-15(20)11-17(16(19)21)8-4-2-3-5-9-17/h6-7,10H,2-5,8-9,11H2,1H3. The van der Waals surface area contributed by atoms with E-state index in [-0.39, 0.29) is 11.8 Å². The number of hydrogen-bond donors (Lipinski definition) is 0. The molecule has 21 heavy (non-hydrogen) atoms. The molecule has 3 rings (SSSR count). The SMILES string of the molecule is Cc1cc(N2C(=O)CC3(CCCCCC3)C2=O)ccc1Br. The molecule has 0 N–H and O–H groups in total. The average molecular weight is 350 g/mol. The van der Waals surface area contributed by atoms with E-state index in [2.05, 4.69) is 15.9 Å². The molecule has 112 valence electrons. The molecule has 1 aliphatic heterocycles. The van der Waals surface area contributed by atoms with E-state index in [1.165, 1.54) is 17.7 Å². The van der Waals surface area contributed by atoms with Crippen molar-refractivity contribution in [2.75, 3.05) is 4.90 Å². The smallest absolute Gasteiger partial charge is 0.240 e. The van der Waals surface area contributed by atoms with Crippen LogP contribution in [0.15, 0.2) is 22.7 Å². The molecule has 0 radical (unpaired) electrons. The first-order valence-corrected chi connectivity index (χ1v) is 8.46. The summed E-state index contributed by atoms with van der Waals surface area (Å²) in [7, 11) is 0. The summed E-state index contributed by atoms with van der Waals surface area (Å²) in [5.41, 5.74) is 1.33. The van der Waals surface area contributed by atoms with Crippen LogP contribution in [-0.4, -0.2) is 11.8 Å². The number of carbonyl (C=O) groups is 2. The summed E-state index contributed by atoms with van der Waals surface area (Å²) in [5.74, 6) is -0.0141. The van der Waals surface area contributed by atoms with Gasteiger partial charge in [0.15, 0.2) is 0 Å². The Labute approximate surface area is 133 Å². The quantitative estimate of drug-likeness (QED) is 0.706. The van der Waals surface area contributed by atoms with Crippen molar-refractivity contribution in [2.45, 2.75) is 51.9 Å². The number of benzene rings is 1. The lowest BCUT2D eigenvalue weighted by Gasteiger charge is -2.25. The van der Waals surface area contributed by atoms with Crippen molar-refractivity contribution in [1.29, 1.82) is 0 Å². The lowest BCUT2D eigenvalue weighted by atomic mass is 9.79. The van der Waals surface area contributed by atoms with Gasteiger partial charge >= 0.3 is 0 Å². The largest absolute Gasteiger partial charge is 0.274 e. The van der Waals surface area contributed by atoms with Crippen LogP contribution in [0.25, 0.3) is 0 Å². The molecule has 1 spiro atoms. The summed E-state index contributed by atoms with van der Waals surface area (Å²) in [4.78, 5) is 26.8. The fourth-order valence-electron chi connectivity index (χ4n) is 3.62. The number of amides is 2. The molecule has 0 atom stereocenters. The maximum absolute atomic E-state index is 12.9. The maximum atomic E-state index is 12.9. The second kappa shape index (κ2) is 5.56. The Kier molecular flexibility index (Phi) is 3.91. The summed E-state index contributed by atoms with van der Waals surface area (Å²) < 4.78 is 0.995. The van der Waals surface area contributed by atoms with Crippen molar-refractivity contribution in [1.82, 2.24) is 0 Å². The van der Waals surface area contributed by atoms with Crippen molar-refractivity contribution in [3.8, 4) is 0 Å². The first-order chi connectivity index (χ1) is 10.0. The first-order valence-electron chi connectivity index (χ1n) is 7.67. The van der Waals surface area contributed by atoms with E-state index < -0.39 is 5.41 Å². The van der Waals surface area contributed by atoms with Crippen molar-refractivity contribution >= 4 is 33.4 Å². The van der Waals surface area contributed by atoms with Gasteiger partial charge in [0.2, 0.25) is 11.8 Å². The summed E-state index contributed by atoms with van der Waals surface area (Å²) >= 11 is 3.46. The third-order valence-electron chi connectivity index (χ3n) is 4.86. The van der Waals surface area contributed by atoms with Crippen molar-refractivity contribution in [2.24, 2.45) is 5.41 Å². The summed E-state index contributed by atoms with van der Waals surface area (Å²) in [6.07, 6.45) is 6.60. The minimum atomic E-state index is -0.422. The van der Waals surface area contributed by atoms with E-state index >= 15 is 0 Å². The average Bonchev–Trinajstić information content (AvgIpc) is 2.61. The number of carbonyl (C=O) groups excluding carboxylic acids is 2. The fraction of sp³-hybridized carbons (Fsp3) is 0.529. The van der Waals surface area contributed by atoms with E-state index in [4.69, 9.17) is 0 Å². The predicted octanol–water partition coefficient (Wildman–Crippen LogP) is 4.36. The minimum absolute atomic E-state index is 0.0242. The molecule has 2 aliphatic rings. The molecule has 0 bridgehead atoms. The highest BCUT2D eigenvalue weighted by Crippen LogP contribution is 2.45. The van der Waals surface area contributed by atoms with Crippen LogP contribution >= 0.6 is 15.9 Å².